The Labute approximate surface area is 110 Å². The Kier molecular flexibility index (Phi) is 3.32. The maximum absolute atomic E-state index is 11.4. The normalized spacial score (nSPS) is 17.9. The lowest BCUT2D eigenvalue weighted by Gasteiger charge is -2.00. The molecule has 1 heterocycles. The molecule has 2 N–H and O–H groups in total. The first kappa shape index (κ1) is 11.6. The molecule has 16 heavy (non-hydrogen) atoms. The number of benzene rings is 1. The van der Waals surface area contributed by atoms with Gasteiger partial charge < -0.3 is 10.4 Å². The SMILES string of the molecule is O=C1NC(=S)S/C1=C\c1cc(O)ccc1Br. The number of carbonyl (C=O) groups is 1. The van der Waals surface area contributed by atoms with E-state index >= 15 is 0 Å². The van der Waals surface area contributed by atoms with E-state index < -0.39 is 0 Å². The lowest BCUT2D eigenvalue weighted by Crippen LogP contribution is -2.17. The van der Waals surface area contributed by atoms with Crippen LogP contribution in [0.15, 0.2) is 27.6 Å². The van der Waals surface area contributed by atoms with Gasteiger partial charge in [-0.2, -0.15) is 0 Å². The molecule has 0 aliphatic carbocycles. The van der Waals surface area contributed by atoms with Crippen molar-refractivity contribution in [2.45, 2.75) is 0 Å². The first-order valence-electron chi connectivity index (χ1n) is 4.29. The molecule has 0 bridgehead atoms. The molecule has 1 amide bonds. The van der Waals surface area contributed by atoms with Crippen LogP contribution in [0.25, 0.3) is 6.08 Å². The van der Waals surface area contributed by atoms with Gasteiger partial charge in [0.15, 0.2) is 0 Å². The van der Waals surface area contributed by atoms with Gasteiger partial charge in [-0.05, 0) is 29.8 Å². The van der Waals surface area contributed by atoms with Gasteiger partial charge in [-0.1, -0.05) is 39.9 Å². The minimum atomic E-state index is -0.203. The summed E-state index contributed by atoms with van der Waals surface area (Å²) in [7, 11) is 0. The van der Waals surface area contributed by atoms with Gasteiger partial charge in [-0.3, -0.25) is 4.79 Å². The van der Waals surface area contributed by atoms with Gasteiger partial charge >= 0.3 is 0 Å². The summed E-state index contributed by atoms with van der Waals surface area (Å²) < 4.78 is 1.26. The van der Waals surface area contributed by atoms with Gasteiger partial charge in [0.25, 0.3) is 5.91 Å². The van der Waals surface area contributed by atoms with Crippen LogP contribution < -0.4 is 5.32 Å². The van der Waals surface area contributed by atoms with Crippen molar-refractivity contribution in [3.05, 3.63) is 33.1 Å². The van der Waals surface area contributed by atoms with E-state index in [-0.39, 0.29) is 11.7 Å². The van der Waals surface area contributed by atoms with Crippen molar-refractivity contribution in [1.82, 2.24) is 5.32 Å². The second-order valence-corrected chi connectivity index (χ2v) is 5.63. The Morgan fingerprint density at radius 1 is 1.50 bits per heavy atom. The van der Waals surface area contributed by atoms with Crippen LogP contribution in [0.5, 0.6) is 5.75 Å². The first-order valence-corrected chi connectivity index (χ1v) is 6.31. The number of hydrogen-bond donors (Lipinski definition) is 2. The summed E-state index contributed by atoms with van der Waals surface area (Å²) in [5, 5.41) is 11.9. The molecular formula is C10H6BrNO2S2. The van der Waals surface area contributed by atoms with E-state index in [4.69, 9.17) is 12.2 Å². The fourth-order valence-corrected chi connectivity index (χ4v) is 2.60. The van der Waals surface area contributed by atoms with Crippen molar-refractivity contribution in [2.24, 2.45) is 0 Å². The van der Waals surface area contributed by atoms with E-state index in [1.54, 1.807) is 24.3 Å². The van der Waals surface area contributed by atoms with Crippen LogP contribution in [-0.2, 0) is 4.79 Å². The Morgan fingerprint density at radius 2 is 2.25 bits per heavy atom. The largest absolute Gasteiger partial charge is 0.508 e. The van der Waals surface area contributed by atoms with E-state index in [9.17, 15) is 9.90 Å². The van der Waals surface area contributed by atoms with Gasteiger partial charge in [0, 0.05) is 4.47 Å². The molecule has 1 aliphatic rings. The molecule has 0 atom stereocenters. The zero-order valence-electron chi connectivity index (χ0n) is 7.86. The predicted octanol–water partition coefficient (Wildman–Crippen LogP) is 2.64. The van der Waals surface area contributed by atoms with E-state index in [0.29, 0.717) is 9.23 Å². The Morgan fingerprint density at radius 3 is 2.88 bits per heavy atom. The second kappa shape index (κ2) is 4.57. The van der Waals surface area contributed by atoms with E-state index in [2.05, 4.69) is 21.2 Å². The Bertz CT molecular complexity index is 514. The minimum absolute atomic E-state index is 0.154. The zero-order chi connectivity index (χ0) is 11.7. The molecule has 1 saturated heterocycles. The molecule has 0 spiro atoms. The molecule has 6 heteroatoms. The second-order valence-electron chi connectivity index (χ2n) is 3.06. The summed E-state index contributed by atoms with van der Waals surface area (Å²) in [6.07, 6.45) is 1.68. The maximum atomic E-state index is 11.4. The Balaban J connectivity index is 2.39. The van der Waals surface area contributed by atoms with Crippen molar-refractivity contribution in [1.29, 1.82) is 0 Å². The van der Waals surface area contributed by atoms with E-state index in [0.717, 1.165) is 10.0 Å². The molecule has 1 aliphatic heterocycles. The third-order valence-corrected chi connectivity index (χ3v) is 3.79. The molecule has 2 rings (SSSR count). The van der Waals surface area contributed by atoms with Crippen LogP contribution in [0.1, 0.15) is 5.56 Å². The number of phenols is 1. The number of thioether (sulfide) groups is 1. The zero-order valence-corrected chi connectivity index (χ0v) is 11.1. The van der Waals surface area contributed by atoms with Gasteiger partial charge in [0.05, 0.1) is 4.91 Å². The summed E-state index contributed by atoms with van der Waals surface area (Å²) in [5.41, 5.74) is 0.738. The molecule has 0 unspecified atom stereocenters. The predicted molar refractivity (Wildman–Crippen MR) is 72.1 cm³/mol. The highest BCUT2D eigenvalue weighted by molar-refractivity contribution is 9.10. The fourth-order valence-electron chi connectivity index (χ4n) is 1.20. The standard InChI is InChI=1S/C10H6BrNO2S2/c11-7-2-1-6(13)3-5(7)4-8-9(14)12-10(15)16-8/h1-4,13H,(H,12,14,15)/b8-4-. The van der Waals surface area contributed by atoms with Crippen molar-refractivity contribution in [2.75, 3.05) is 0 Å². The highest BCUT2D eigenvalue weighted by atomic mass is 79.9. The van der Waals surface area contributed by atoms with E-state index in [1.165, 1.54) is 11.8 Å². The number of rotatable bonds is 1. The number of carbonyl (C=O) groups excluding carboxylic acids is 1. The van der Waals surface area contributed by atoms with Gasteiger partial charge in [0.2, 0.25) is 0 Å². The first-order chi connectivity index (χ1) is 7.56. The van der Waals surface area contributed by atoms with Crippen molar-refractivity contribution in [3.8, 4) is 5.75 Å². The van der Waals surface area contributed by atoms with Crippen LogP contribution in [0, 0.1) is 0 Å². The van der Waals surface area contributed by atoms with E-state index in [1.807, 2.05) is 0 Å². The highest BCUT2D eigenvalue weighted by Gasteiger charge is 2.22. The summed E-state index contributed by atoms with van der Waals surface area (Å²) in [5.74, 6) is -0.0497. The van der Waals surface area contributed by atoms with Gasteiger partial charge in [-0.15, -0.1) is 0 Å². The third-order valence-electron chi connectivity index (χ3n) is 1.91. The average Bonchev–Trinajstić information content (AvgIpc) is 2.51. The van der Waals surface area contributed by atoms with Gasteiger partial charge in [-0.25, -0.2) is 0 Å². The number of amides is 1. The highest BCUT2D eigenvalue weighted by Crippen LogP contribution is 2.29. The Hall–Kier alpha value is -0.850. The number of nitrogens with one attached hydrogen (secondary N) is 1. The van der Waals surface area contributed by atoms with Crippen molar-refractivity contribution < 1.29 is 9.90 Å². The fraction of sp³-hybridized carbons (Fsp3) is 0. The lowest BCUT2D eigenvalue weighted by atomic mass is 10.2. The number of hydrogen-bond acceptors (Lipinski definition) is 4. The number of thiocarbonyl (C=S) groups is 1. The topological polar surface area (TPSA) is 49.3 Å². The summed E-state index contributed by atoms with van der Waals surface area (Å²) in [6.45, 7) is 0. The number of phenolic OH excluding ortho intramolecular Hbond substituents is 1. The summed E-state index contributed by atoms with van der Waals surface area (Å²) in [6, 6.07) is 4.86. The molecule has 1 fully saturated rings. The van der Waals surface area contributed by atoms with Crippen molar-refractivity contribution in [3.63, 3.8) is 0 Å². The molecular weight excluding hydrogens is 310 g/mol. The number of halogens is 1. The molecule has 1 aromatic rings. The van der Waals surface area contributed by atoms with Crippen LogP contribution in [0.3, 0.4) is 0 Å². The van der Waals surface area contributed by atoms with Crippen LogP contribution in [0.4, 0.5) is 0 Å². The monoisotopic (exact) mass is 315 g/mol. The molecule has 0 aromatic heterocycles. The van der Waals surface area contributed by atoms with Gasteiger partial charge in [0.1, 0.15) is 10.1 Å². The lowest BCUT2D eigenvalue weighted by molar-refractivity contribution is -0.115. The molecule has 0 saturated carbocycles. The molecule has 3 nitrogen and oxygen atoms in total. The quantitative estimate of drug-likeness (QED) is 0.618. The third kappa shape index (κ3) is 2.45. The van der Waals surface area contributed by atoms with Crippen LogP contribution in [0.2, 0.25) is 0 Å². The van der Waals surface area contributed by atoms with Crippen molar-refractivity contribution >= 4 is 56.2 Å². The maximum Gasteiger partial charge on any atom is 0.263 e. The number of aromatic hydroxyl groups is 1. The molecule has 1 aromatic carbocycles. The summed E-state index contributed by atoms with van der Waals surface area (Å²) in [4.78, 5) is 11.9. The average molecular weight is 316 g/mol. The minimum Gasteiger partial charge on any atom is -0.508 e. The smallest absolute Gasteiger partial charge is 0.263 e. The van der Waals surface area contributed by atoms with Crippen LogP contribution in [-0.4, -0.2) is 15.3 Å². The summed E-state index contributed by atoms with van der Waals surface area (Å²) >= 11 is 9.43. The van der Waals surface area contributed by atoms with Crippen LogP contribution >= 0.6 is 39.9 Å². The molecule has 0 radical (unpaired) electrons. The molecule has 82 valence electrons.